The van der Waals surface area contributed by atoms with E-state index in [-0.39, 0.29) is 18.2 Å². The van der Waals surface area contributed by atoms with Crippen LogP contribution >= 0.6 is 0 Å². The lowest BCUT2D eigenvalue weighted by Crippen LogP contribution is -2.39. The first kappa shape index (κ1) is 14.5. The molecule has 0 amide bonds. The van der Waals surface area contributed by atoms with Gasteiger partial charge in [-0.1, -0.05) is 0 Å². The molecule has 0 bridgehead atoms. The number of fused-ring (bicyclic) bond motifs is 1. The highest BCUT2D eigenvalue weighted by Gasteiger charge is 2.27. The molecule has 7 heteroatoms. The Hall–Kier alpha value is -2.46. The Morgan fingerprint density at radius 2 is 2.14 bits per heavy atom. The van der Waals surface area contributed by atoms with Gasteiger partial charge in [0.15, 0.2) is 5.82 Å². The number of hydrogen-bond acceptors (Lipinski definition) is 7. The molecular formula is C15H18N6O. The highest BCUT2D eigenvalue weighted by Crippen LogP contribution is 2.25. The van der Waals surface area contributed by atoms with Gasteiger partial charge in [-0.15, -0.1) is 0 Å². The van der Waals surface area contributed by atoms with Crippen molar-refractivity contribution in [2.45, 2.75) is 44.9 Å². The normalized spacial score (nSPS) is 20.5. The van der Waals surface area contributed by atoms with Crippen LogP contribution in [-0.2, 0) is 0 Å². The molecule has 2 aromatic rings. The van der Waals surface area contributed by atoms with E-state index in [1.807, 2.05) is 13.8 Å². The number of nitriles is 1. The summed E-state index contributed by atoms with van der Waals surface area (Å²) < 4.78 is 0. The van der Waals surface area contributed by atoms with Crippen molar-refractivity contribution < 1.29 is 5.11 Å². The molecular weight excluding hydrogens is 280 g/mol. The van der Waals surface area contributed by atoms with Gasteiger partial charge in [0.05, 0.1) is 6.10 Å². The molecule has 0 atom stereocenters. The first-order valence-corrected chi connectivity index (χ1v) is 7.34. The number of aromatic nitrogens is 3. The third-order valence-corrected chi connectivity index (χ3v) is 3.55. The summed E-state index contributed by atoms with van der Waals surface area (Å²) in [4.78, 5) is 13.1. The van der Waals surface area contributed by atoms with Gasteiger partial charge in [0, 0.05) is 23.7 Å². The molecule has 22 heavy (non-hydrogen) atoms. The predicted octanol–water partition coefficient (Wildman–Crippen LogP) is 1.65. The molecule has 0 unspecified atom stereocenters. The van der Waals surface area contributed by atoms with Gasteiger partial charge in [-0.3, -0.25) is 0 Å². The fourth-order valence-corrected chi connectivity index (χ4v) is 2.43. The van der Waals surface area contributed by atoms with Crippen molar-refractivity contribution in [1.29, 1.82) is 5.26 Å². The number of aliphatic hydroxyl groups is 1. The second-order valence-corrected chi connectivity index (χ2v) is 5.86. The molecule has 3 N–H and O–H groups in total. The van der Waals surface area contributed by atoms with Gasteiger partial charge >= 0.3 is 0 Å². The van der Waals surface area contributed by atoms with Crippen LogP contribution in [0.2, 0.25) is 0 Å². The summed E-state index contributed by atoms with van der Waals surface area (Å²) in [6.07, 6.45) is 2.89. The summed E-state index contributed by atoms with van der Waals surface area (Å²) >= 11 is 0. The van der Waals surface area contributed by atoms with Crippen LogP contribution < -0.4 is 10.6 Å². The molecule has 114 valence electrons. The topological polar surface area (TPSA) is 107 Å². The maximum atomic E-state index is 9.34. The fraction of sp³-hybridized carbons (Fsp3) is 0.467. The quantitative estimate of drug-likeness (QED) is 0.787. The molecule has 0 radical (unpaired) electrons. The van der Waals surface area contributed by atoms with Gasteiger partial charge in [-0.05, 0) is 32.8 Å². The third-order valence-electron chi connectivity index (χ3n) is 3.55. The minimum atomic E-state index is -0.226. The van der Waals surface area contributed by atoms with Crippen molar-refractivity contribution in [3.63, 3.8) is 0 Å². The van der Waals surface area contributed by atoms with Gasteiger partial charge in [0.2, 0.25) is 5.95 Å². The number of nitrogens with zero attached hydrogens (tertiary/aromatic N) is 4. The van der Waals surface area contributed by atoms with Gasteiger partial charge in [-0.25, -0.2) is 15.0 Å². The molecule has 1 aliphatic carbocycles. The molecule has 0 aliphatic heterocycles. The van der Waals surface area contributed by atoms with Crippen molar-refractivity contribution in [3.05, 3.63) is 18.0 Å². The Kier molecular flexibility index (Phi) is 3.77. The van der Waals surface area contributed by atoms with Crippen LogP contribution in [0.25, 0.3) is 10.9 Å². The Balaban J connectivity index is 1.96. The number of anilines is 2. The summed E-state index contributed by atoms with van der Waals surface area (Å²) in [5.74, 6) is 1.10. The average Bonchev–Trinajstić information content (AvgIpc) is 2.45. The van der Waals surface area contributed by atoms with Gasteiger partial charge in [-0.2, -0.15) is 5.26 Å². The Morgan fingerprint density at radius 1 is 1.36 bits per heavy atom. The van der Waals surface area contributed by atoms with E-state index in [1.165, 1.54) is 0 Å². The van der Waals surface area contributed by atoms with Crippen LogP contribution in [-0.4, -0.2) is 38.2 Å². The van der Waals surface area contributed by atoms with Gasteiger partial charge in [0.25, 0.3) is 0 Å². The van der Waals surface area contributed by atoms with E-state index in [0.29, 0.717) is 35.8 Å². The van der Waals surface area contributed by atoms with Crippen LogP contribution in [0.4, 0.5) is 11.8 Å². The largest absolute Gasteiger partial charge is 0.393 e. The summed E-state index contributed by atoms with van der Waals surface area (Å²) in [6.45, 7) is 4.01. The SMILES string of the molecule is CC(C)Nc1nc(C#N)cc2cnc(NC3CC(O)C3)nc12. The minimum absolute atomic E-state index is 0.179. The zero-order valence-electron chi connectivity index (χ0n) is 12.5. The number of hydrogen-bond donors (Lipinski definition) is 3. The number of rotatable bonds is 4. The Morgan fingerprint density at radius 3 is 2.77 bits per heavy atom. The average molecular weight is 298 g/mol. The van der Waals surface area contributed by atoms with Crippen LogP contribution in [0, 0.1) is 11.3 Å². The van der Waals surface area contributed by atoms with E-state index >= 15 is 0 Å². The van der Waals surface area contributed by atoms with Crippen LogP contribution in [0.1, 0.15) is 32.4 Å². The van der Waals surface area contributed by atoms with Crippen molar-refractivity contribution >= 4 is 22.7 Å². The smallest absolute Gasteiger partial charge is 0.223 e. The van der Waals surface area contributed by atoms with Crippen molar-refractivity contribution in [3.8, 4) is 6.07 Å². The summed E-state index contributed by atoms with van der Waals surface area (Å²) in [5, 5.41) is 25.6. The molecule has 1 aliphatic rings. The van der Waals surface area contributed by atoms with E-state index < -0.39 is 0 Å². The lowest BCUT2D eigenvalue weighted by Gasteiger charge is -2.31. The van der Waals surface area contributed by atoms with E-state index in [9.17, 15) is 5.11 Å². The fourth-order valence-electron chi connectivity index (χ4n) is 2.43. The Labute approximate surface area is 128 Å². The highest BCUT2D eigenvalue weighted by atomic mass is 16.3. The molecule has 1 saturated carbocycles. The lowest BCUT2D eigenvalue weighted by atomic mass is 9.90. The maximum absolute atomic E-state index is 9.34. The first-order valence-electron chi connectivity index (χ1n) is 7.34. The first-order chi connectivity index (χ1) is 10.5. The summed E-state index contributed by atoms with van der Waals surface area (Å²) in [6, 6.07) is 4.12. The molecule has 2 aromatic heterocycles. The summed E-state index contributed by atoms with van der Waals surface area (Å²) in [5.41, 5.74) is 1.02. The predicted molar refractivity (Wildman–Crippen MR) is 83.5 cm³/mol. The zero-order valence-corrected chi connectivity index (χ0v) is 12.5. The standard InChI is InChI=1S/C15H18N6O/c1-8(2)18-14-13-9(3-11(6-16)19-14)7-17-15(21-13)20-10-4-12(22)5-10/h3,7-8,10,12,22H,4-5H2,1-2H3,(H,18,19)(H,17,20,21). The number of aliphatic hydroxyl groups excluding tert-OH is 1. The van der Waals surface area contributed by atoms with Crippen molar-refractivity contribution in [2.24, 2.45) is 0 Å². The van der Waals surface area contributed by atoms with E-state index in [0.717, 1.165) is 5.39 Å². The molecule has 1 fully saturated rings. The number of nitrogens with one attached hydrogen (secondary N) is 2. The van der Waals surface area contributed by atoms with Crippen molar-refractivity contribution in [1.82, 2.24) is 15.0 Å². The van der Waals surface area contributed by atoms with Crippen LogP contribution in [0.3, 0.4) is 0 Å². The molecule has 7 nitrogen and oxygen atoms in total. The van der Waals surface area contributed by atoms with Crippen LogP contribution in [0.5, 0.6) is 0 Å². The zero-order chi connectivity index (χ0) is 15.7. The Bertz CT molecular complexity index is 733. The summed E-state index contributed by atoms with van der Waals surface area (Å²) in [7, 11) is 0. The van der Waals surface area contributed by atoms with E-state index in [2.05, 4.69) is 31.7 Å². The van der Waals surface area contributed by atoms with Gasteiger partial charge in [0.1, 0.15) is 17.3 Å². The monoisotopic (exact) mass is 298 g/mol. The maximum Gasteiger partial charge on any atom is 0.223 e. The van der Waals surface area contributed by atoms with Crippen molar-refractivity contribution in [2.75, 3.05) is 10.6 Å². The molecule has 2 heterocycles. The molecule has 0 spiro atoms. The van der Waals surface area contributed by atoms with E-state index in [1.54, 1.807) is 12.3 Å². The second kappa shape index (κ2) is 5.73. The number of pyridine rings is 1. The lowest BCUT2D eigenvalue weighted by molar-refractivity contribution is 0.0834. The highest BCUT2D eigenvalue weighted by molar-refractivity contribution is 5.89. The second-order valence-electron chi connectivity index (χ2n) is 5.86. The minimum Gasteiger partial charge on any atom is -0.393 e. The molecule has 0 saturated heterocycles. The molecule has 3 rings (SSSR count). The third kappa shape index (κ3) is 2.92. The van der Waals surface area contributed by atoms with Gasteiger partial charge < -0.3 is 15.7 Å². The molecule has 0 aromatic carbocycles. The van der Waals surface area contributed by atoms with E-state index in [4.69, 9.17) is 5.26 Å². The van der Waals surface area contributed by atoms with Crippen LogP contribution in [0.15, 0.2) is 12.3 Å².